The third-order valence-corrected chi connectivity index (χ3v) is 4.29. The average Bonchev–Trinajstić information content (AvgIpc) is 2.96. The first kappa shape index (κ1) is 13.1. The number of thiophene rings is 1. The molecule has 1 aromatic heterocycles. The second-order valence-corrected chi connectivity index (χ2v) is 5.57. The van der Waals surface area contributed by atoms with E-state index >= 15 is 0 Å². The van der Waals surface area contributed by atoms with Gasteiger partial charge in [-0.15, -0.1) is 11.3 Å². The molecule has 0 aromatic carbocycles. The van der Waals surface area contributed by atoms with E-state index in [1.807, 2.05) is 11.4 Å². The predicted molar refractivity (Wildman–Crippen MR) is 74.5 cm³/mol. The Labute approximate surface area is 112 Å². The van der Waals surface area contributed by atoms with Gasteiger partial charge < -0.3 is 11.1 Å². The summed E-state index contributed by atoms with van der Waals surface area (Å²) in [5.41, 5.74) is 6.14. The third kappa shape index (κ3) is 2.92. The highest BCUT2D eigenvalue weighted by atomic mass is 32.1. The summed E-state index contributed by atoms with van der Waals surface area (Å²) in [6.07, 6.45) is 3.49. The van der Waals surface area contributed by atoms with E-state index in [1.54, 1.807) is 0 Å². The molecule has 1 fully saturated rings. The predicted octanol–water partition coefficient (Wildman–Crippen LogP) is 1.98. The molecule has 3 nitrogen and oxygen atoms in total. The van der Waals surface area contributed by atoms with Gasteiger partial charge in [-0.3, -0.25) is 4.79 Å². The summed E-state index contributed by atoms with van der Waals surface area (Å²) in [5, 5.41) is 5.02. The van der Waals surface area contributed by atoms with Gasteiger partial charge in [0.25, 0.3) is 5.91 Å². The molecule has 1 saturated carbocycles. The van der Waals surface area contributed by atoms with Gasteiger partial charge in [0.05, 0.1) is 6.54 Å². The standard InChI is InChI=1S/C14H18N2OS/c1-10-4-2-6-12(10)16-14(17)13-11(5-3-8-15)7-9-18-13/h7,9-10,12H,2,4,6,8,15H2,1H3,(H,16,17). The SMILES string of the molecule is CC1CCCC1NC(=O)c1sccc1C#CCN. The van der Waals surface area contributed by atoms with Crippen LogP contribution < -0.4 is 11.1 Å². The second-order valence-electron chi connectivity index (χ2n) is 4.66. The third-order valence-electron chi connectivity index (χ3n) is 3.37. The van der Waals surface area contributed by atoms with Crippen molar-refractivity contribution in [2.45, 2.75) is 32.2 Å². The molecular weight excluding hydrogens is 244 g/mol. The summed E-state index contributed by atoms with van der Waals surface area (Å²) in [7, 11) is 0. The molecule has 2 atom stereocenters. The number of amides is 1. The van der Waals surface area contributed by atoms with Crippen LogP contribution in [0.2, 0.25) is 0 Å². The van der Waals surface area contributed by atoms with Gasteiger partial charge in [0.1, 0.15) is 4.88 Å². The van der Waals surface area contributed by atoms with Gasteiger partial charge in [-0.1, -0.05) is 25.2 Å². The number of carbonyl (C=O) groups excluding carboxylic acids is 1. The van der Waals surface area contributed by atoms with Crippen LogP contribution in [0.5, 0.6) is 0 Å². The Morgan fingerprint density at radius 1 is 1.61 bits per heavy atom. The van der Waals surface area contributed by atoms with Crippen molar-refractivity contribution in [1.29, 1.82) is 0 Å². The van der Waals surface area contributed by atoms with E-state index in [4.69, 9.17) is 5.73 Å². The van der Waals surface area contributed by atoms with E-state index in [0.717, 1.165) is 12.0 Å². The summed E-state index contributed by atoms with van der Waals surface area (Å²) in [6, 6.07) is 2.19. The Hall–Kier alpha value is -1.31. The van der Waals surface area contributed by atoms with Crippen molar-refractivity contribution in [1.82, 2.24) is 5.32 Å². The highest BCUT2D eigenvalue weighted by Crippen LogP contribution is 2.25. The lowest BCUT2D eigenvalue weighted by Gasteiger charge is -2.16. The maximum Gasteiger partial charge on any atom is 0.262 e. The van der Waals surface area contributed by atoms with E-state index < -0.39 is 0 Å². The monoisotopic (exact) mass is 262 g/mol. The molecule has 1 aliphatic carbocycles. The van der Waals surface area contributed by atoms with E-state index in [1.165, 1.54) is 24.2 Å². The first-order valence-corrected chi connectivity index (χ1v) is 7.17. The molecule has 1 aromatic rings. The number of nitrogens with two attached hydrogens (primary N) is 1. The molecule has 0 radical (unpaired) electrons. The summed E-state index contributed by atoms with van der Waals surface area (Å²) in [4.78, 5) is 12.9. The van der Waals surface area contributed by atoms with Gasteiger partial charge in [0, 0.05) is 11.6 Å². The van der Waals surface area contributed by atoms with Crippen LogP contribution in [-0.2, 0) is 0 Å². The fourth-order valence-corrected chi connectivity index (χ4v) is 3.08. The van der Waals surface area contributed by atoms with E-state index in [-0.39, 0.29) is 5.91 Å². The van der Waals surface area contributed by atoms with Crippen molar-refractivity contribution in [2.24, 2.45) is 11.7 Å². The van der Waals surface area contributed by atoms with E-state index in [2.05, 4.69) is 24.1 Å². The molecule has 4 heteroatoms. The first-order chi connectivity index (χ1) is 8.72. The lowest BCUT2D eigenvalue weighted by Crippen LogP contribution is -2.36. The van der Waals surface area contributed by atoms with Crippen molar-refractivity contribution >= 4 is 17.2 Å². The smallest absolute Gasteiger partial charge is 0.262 e. The molecule has 2 unspecified atom stereocenters. The Kier molecular flexibility index (Phi) is 4.40. The summed E-state index contributed by atoms with van der Waals surface area (Å²) in [6.45, 7) is 2.51. The zero-order chi connectivity index (χ0) is 13.0. The molecular formula is C14H18N2OS. The van der Waals surface area contributed by atoms with Gasteiger partial charge in [0.15, 0.2) is 0 Å². The Morgan fingerprint density at radius 2 is 2.44 bits per heavy atom. The summed E-state index contributed by atoms with van der Waals surface area (Å²) >= 11 is 1.44. The van der Waals surface area contributed by atoms with E-state index in [9.17, 15) is 4.79 Å². The van der Waals surface area contributed by atoms with Gasteiger partial charge in [0.2, 0.25) is 0 Å². The number of hydrogen-bond acceptors (Lipinski definition) is 3. The topological polar surface area (TPSA) is 55.1 Å². The Bertz CT molecular complexity index is 483. The fourth-order valence-electron chi connectivity index (χ4n) is 2.32. The molecule has 1 heterocycles. The number of carbonyl (C=O) groups is 1. The largest absolute Gasteiger partial charge is 0.348 e. The quantitative estimate of drug-likeness (QED) is 0.801. The summed E-state index contributed by atoms with van der Waals surface area (Å²) in [5.74, 6) is 6.32. The first-order valence-electron chi connectivity index (χ1n) is 6.29. The van der Waals surface area contributed by atoms with Crippen LogP contribution in [0.25, 0.3) is 0 Å². The van der Waals surface area contributed by atoms with Gasteiger partial charge in [-0.2, -0.15) is 0 Å². The van der Waals surface area contributed by atoms with Crippen LogP contribution in [-0.4, -0.2) is 18.5 Å². The average molecular weight is 262 g/mol. The lowest BCUT2D eigenvalue weighted by molar-refractivity contribution is 0.0933. The van der Waals surface area contributed by atoms with Crippen LogP contribution in [0.15, 0.2) is 11.4 Å². The second kappa shape index (κ2) is 6.03. The Morgan fingerprint density at radius 3 is 3.11 bits per heavy atom. The molecule has 0 saturated heterocycles. The van der Waals surface area contributed by atoms with Crippen LogP contribution in [0.1, 0.15) is 41.4 Å². The number of hydrogen-bond donors (Lipinski definition) is 2. The van der Waals surface area contributed by atoms with Crippen LogP contribution in [0.3, 0.4) is 0 Å². The van der Waals surface area contributed by atoms with E-state index in [0.29, 0.717) is 23.4 Å². The molecule has 1 aliphatic rings. The normalized spacial score (nSPS) is 22.3. The maximum atomic E-state index is 12.2. The molecule has 3 N–H and O–H groups in total. The molecule has 0 bridgehead atoms. The number of nitrogens with one attached hydrogen (secondary N) is 1. The Balaban J connectivity index is 2.07. The zero-order valence-electron chi connectivity index (χ0n) is 10.5. The summed E-state index contributed by atoms with van der Waals surface area (Å²) < 4.78 is 0. The van der Waals surface area contributed by atoms with Gasteiger partial charge in [-0.25, -0.2) is 0 Å². The molecule has 96 valence electrons. The molecule has 2 rings (SSSR count). The van der Waals surface area contributed by atoms with Crippen LogP contribution in [0, 0.1) is 17.8 Å². The highest BCUT2D eigenvalue weighted by Gasteiger charge is 2.26. The van der Waals surface area contributed by atoms with Crippen molar-refractivity contribution in [2.75, 3.05) is 6.54 Å². The number of rotatable bonds is 2. The van der Waals surface area contributed by atoms with Crippen LogP contribution in [0.4, 0.5) is 0 Å². The van der Waals surface area contributed by atoms with Crippen molar-refractivity contribution in [3.63, 3.8) is 0 Å². The lowest BCUT2D eigenvalue weighted by atomic mass is 10.1. The molecule has 18 heavy (non-hydrogen) atoms. The zero-order valence-corrected chi connectivity index (χ0v) is 11.3. The molecule has 0 aliphatic heterocycles. The maximum absolute atomic E-state index is 12.2. The van der Waals surface area contributed by atoms with Crippen molar-refractivity contribution in [3.8, 4) is 11.8 Å². The minimum atomic E-state index is 0.00470. The fraction of sp³-hybridized carbons (Fsp3) is 0.500. The van der Waals surface area contributed by atoms with Gasteiger partial charge >= 0.3 is 0 Å². The molecule has 0 spiro atoms. The minimum absolute atomic E-state index is 0.00470. The van der Waals surface area contributed by atoms with Crippen molar-refractivity contribution < 1.29 is 4.79 Å². The molecule has 1 amide bonds. The van der Waals surface area contributed by atoms with Crippen LogP contribution >= 0.6 is 11.3 Å². The minimum Gasteiger partial charge on any atom is -0.348 e. The van der Waals surface area contributed by atoms with Gasteiger partial charge in [-0.05, 0) is 30.2 Å². The highest BCUT2D eigenvalue weighted by molar-refractivity contribution is 7.12. The van der Waals surface area contributed by atoms with Crippen molar-refractivity contribution in [3.05, 3.63) is 21.9 Å².